The lowest BCUT2D eigenvalue weighted by Gasteiger charge is -2.10. The van der Waals surface area contributed by atoms with Gasteiger partial charge in [0.25, 0.3) is 0 Å². The number of methoxy groups -OCH3 is 1. The van der Waals surface area contributed by atoms with Crippen LogP contribution in [0.25, 0.3) is 0 Å². The number of halogens is 2. The smallest absolute Gasteiger partial charge is 0.305 e. The Morgan fingerprint density at radius 1 is 1.53 bits per heavy atom. The quantitative estimate of drug-likeness (QED) is 0.642. The first kappa shape index (κ1) is 14.8. The van der Waals surface area contributed by atoms with Gasteiger partial charge in [0.15, 0.2) is 0 Å². The molecule has 17 heavy (non-hydrogen) atoms. The molecule has 0 aliphatic heterocycles. The normalized spacial score (nSPS) is 12.5. The number of carbonyl (C=O) groups excluding carboxylic acids is 1. The zero-order valence-corrected chi connectivity index (χ0v) is 11.9. The summed E-state index contributed by atoms with van der Waals surface area (Å²) in [5.74, 6) is -0.185. The monoisotopic (exact) mass is 295 g/mol. The largest absolute Gasteiger partial charge is 0.469 e. The third-order valence-corrected chi connectivity index (χ3v) is 3.97. The van der Waals surface area contributed by atoms with Crippen LogP contribution in [-0.2, 0) is 9.53 Å². The van der Waals surface area contributed by atoms with Crippen LogP contribution in [0.1, 0.15) is 37.3 Å². The molecule has 1 rings (SSSR count). The molecule has 0 aromatic carbocycles. The average Bonchev–Trinajstić information content (AvgIpc) is 2.63. The number of unbranched alkanes of at least 4 members (excludes halogenated alkanes) is 1. The van der Waals surface area contributed by atoms with E-state index in [1.807, 2.05) is 0 Å². The predicted octanol–water partition coefficient (Wildman–Crippen LogP) is 3.79. The second-order valence-electron chi connectivity index (χ2n) is 3.71. The molecule has 1 unspecified atom stereocenters. The van der Waals surface area contributed by atoms with Crippen molar-refractivity contribution in [2.75, 3.05) is 7.11 Å². The van der Waals surface area contributed by atoms with E-state index < -0.39 is 0 Å². The predicted molar refractivity (Wildman–Crippen MR) is 71.8 cm³/mol. The van der Waals surface area contributed by atoms with Gasteiger partial charge >= 0.3 is 5.97 Å². The highest BCUT2D eigenvalue weighted by atomic mass is 35.5. The van der Waals surface area contributed by atoms with Crippen LogP contribution in [0.3, 0.4) is 0 Å². The minimum atomic E-state index is -0.185. The van der Waals surface area contributed by atoms with E-state index in [-0.39, 0.29) is 12.0 Å². The second-order valence-corrected chi connectivity index (χ2v) is 5.99. The van der Waals surface area contributed by atoms with E-state index >= 15 is 0 Å². The lowest BCUT2D eigenvalue weighted by atomic mass is 10.0. The Hall–Kier alpha value is -0.290. The number of carbonyl (C=O) groups is 1. The molecule has 0 amide bonds. The number of nitrogens with two attached hydrogens (primary N) is 1. The maximum Gasteiger partial charge on any atom is 0.305 e. The Kier molecular flexibility index (Phi) is 6.27. The molecular weight excluding hydrogens is 281 g/mol. The topological polar surface area (TPSA) is 52.3 Å². The lowest BCUT2D eigenvalue weighted by molar-refractivity contribution is -0.140. The Bertz CT molecular complexity index is 382. The molecule has 0 aliphatic carbocycles. The molecule has 0 radical (unpaired) electrons. The third kappa shape index (κ3) is 4.84. The van der Waals surface area contributed by atoms with Crippen LogP contribution in [-0.4, -0.2) is 13.1 Å². The number of hydrogen-bond donors (Lipinski definition) is 1. The summed E-state index contributed by atoms with van der Waals surface area (Å²) in [6.45, 7) is 0. The summed E-state index contributed by atoms with van der Waals surface area (Å²) in [5, 5.41) is 0. The van der Waals surface area contributed by atoms with Crippen LogP contribution in [0.2, 0.25) is 8.67 Å². The average molecular weight is 296 g/mol. The van der Waals surface area contributed by atoms with E-state index in [1.54, 1.807) is 6.07 Å². The zero-order chi connectivity index (χ0) is 12.8. The van der Waals surface area contributed by atoms with Crippen molar-refractivity contribution >= 4 is 40.5 Å². The molecule has 0 bridgehead atoms. The molecule has 0 spiro atoms. The van der Waals surface area contributed by atoms with Gasteiger partial charge in [-0.25, -0.2) is 0 Å². The summed E-state index contributed by atoms with van der Waals surface area (Å²) >= 11 is 13.2. The van der Waals surface area contributed by atoms with Gasteiger partial charge < -0.3 is 10.5 Å². The first-order chi connectivity index (χ1) is 8.04. The molecule has 0 fully saturated rings. The van der Waals surface area contributed by atoms with Gasteiger partial charge in [-0.1, -0.05) is 29.6 Å². The maximum absolute atomic E-state index is 10.9. The Labute approximate surface area is 115 Å². The van der Waals surface area contributed by atoms with Crippen molar-refractivity contribution < 1.29 is 9.53 Å². The second kappa shape index (κ2) is 7.21. The van der Waals surface area contributed by atoms with Crippen LogP contribution < -0.4 is 5.73 Å². The van der Waals surface area contributed by atoms with Gasteiger partial charge in [0.1, 0.15) is 0 Å². The minimum Gasteiger partial charge on any atom is -0.469 e. The lowest BCUT2D eigenvalue weighted by Crippen LogP contribution is -2.10. The van der Waals surface area contributed by atoms with Crippen molar-refractivity contribution in [3.05, 3.63) is 20.3 Å². The summed E-state index contributed by atoms with van der Waals surface area (Å²) in [6, 6.07) is 1.68. The molecule has 1 atom stereocenters. The molecule has 6 heteroatoms. The van der Waals surface area contributed by atoms with Crippen LogP contribution >= 0.6 is 34.5 Å². The van der Waals surface area contributed by atoms with Crippen molar-refractivity contribution in [2.45, 2.75) is 31.7 Å². The Balaban J connectivity index is 2.32. The summed E-state index contributed by atoms with van der Waals surface area (Å²) in [5.41, 5.74) is 6.89. The summed E-state index contributed by atoms with van der Waals surface area (Å²) < 4.78 is 5.85. The van der Waals surface area contributed by atoms with E-state index in [1.165, 1.54) is 18.4 Å². The number of thiophene rings is 1. The molecule has 2 N–H and O–H groups in total. The van der Waals surface area contributed by atoms with E-state index in [0.29, 0.717) is 15.1 Å². The van der Waals surface area contributed by atoms with Gasteiger partial charge in [0.05, 0.1) is 15.8 Å². The van der Waals surface area contributed by atoms with Crippen LogP contribution in [0.5, 0.6) is 0 Å². The summed E-state index contributed by atoms with van der Waals surface area (Å²) in [7, 11) is 1.39. The van der Waals surface area contributed by atoms with Gasteiger partial charge in [0.2, 0.25) is 0 Å². The van der Waals surface area contributed by atoms with Crippen LogP contribution in [0, 0.1) is 0 Å². The number of ether oxygens (including phenoxy) is 1. The fourth-order valence-electron chi connectivity index (χ4n) is 1.50. The first-order valence-corrected chi connectivity index (χ1v) is 6.89. The van der Waals surface area contributed by atoms with Gasteiger partial charge in [-0.3, -0.25) is 4.79 Å². The Morgan fingerprint density at radius 3 is 2.76 bits per heavy atom. The SMILES string of the molecule is COC(=O)CCCCC(N)c1cc(Cl)sc1Cl. The fraction of sp³-hybridized carbons (Fsp3) is 0.545. The highest BCUT2D eigenvalue weighted by Crippen LogP contribution is 2.35. The summed E-state index contributed by atoms with van der Waals surface area (Å²) in [4.78, 5) is 10.9. The molecule has 3 nitrogen and oxygen atoms in total. The van der Waals surface area contributed by atoms with Gasteiger partial charge in [-0.2, -0.15) is 0 Å². The van der Waals surface area contributed by atoms with Crippen molar-refractivity contribution in [2.24, 2.45) is 5.73 Å². The van der Waals surface area contributed by atoms with Gasteiger partial charge in [-0.15, -0.1) is 11.3 Å². The fourth-order valence-corrected chi connectivity index (χ4v) is 3.09. The van der Waals surface area contributed by atoms with Crippen molar-refractivity contribution in [1.29, 1.82) is 0 Å². The van der Waals surface area contributed by atoms with Crippen LogP contribution in [0.15, 0.2) is 6.07 Å². The number of hydrogen-bond acceptors (Lipinski definition) is 4. The molecular formula is C11H15Cl2NO2S. The maximum atomic E-state index is 10.9. The van der Waals surface area contributed by atoms with E-state index in [9.17, 15) is 4.79 Å². The van der Waals surface area contributed by atoms with Crippen molar-refractivity contribution in [1.82, 2.24) is 0 Å². The minimum absolute atomic E-state index is 0.121. The highest BCUT2D eigenvalue weighted by Gasteiger charge is 2.13. The van der Waals surface area contributed by atoms with Gasteiger partial charge in [-0.05, 0) is 24.5 Å². The zero-order valence-electron chi connectivity index (χ0n) is 9.54. The summed E-state index contributed by atoms with van der Waals surface area (Å²) in [6.07, 6.45) is 2.85. The number of esters is 1. The van der Waals surface area contributed by atoms with Crippen molar-refractivity contribution in [3.8, 4) is 0 Å². The highest BCUT2D eigenvalue weighted by molar-refractivity contribution is 7.20. The molecule has 96 valence electrons. The third-order valence-electron chi connectivity index (χ3n) is 2.46. The Morgan fingerprint density at radius 2 is 2.24 bits per heavy atom. The first-order valence-electron chi connectivity index (χ1n) is 5.31. The van der Waals surface area contributed by atoms with E-state index in [4.69, 9.17) is 28.9 Å². The molecule has 1 aromatic heterocycles. The molecule has 1 aromatic rings. The molecule has 0 saturated carbocycles. The molecule has 1 heterocycles. The van der Waals surface area contributed by atoms with E-state index in [0.717, 1.165) is 24.8 Å². The van der Waals surface area contributed by atoms with Gasteiger partial charge in [0, 0.05) is 12.5 Å². The molecule has 0 aliphatic rings. The number of rotatable bonds is 6. The standard InChI is InChI=1S/C11H15Cl2NO2S/c1-16-10(15)5-3-2-4-8(14)7-6-9(12)17-11(7)13/h6,8H,2-5,14H2,1H3. The van der Waals surface area contributed by atoms with Crippen molar-refractivity contribution in [3.63, 3.8) is 0 Å². The van der Waals surface area contributed by atoms with Crippen LogP contribution in [0.4, 0.5) is 0 Å². The van der Waals surface area contributed by atoms with E-state index in [2.05, 4.69) is 4.74 Å². The molecule has 0 saturated heterocycles.